The third-order valence-electron chi connectivity index (χ3n) is 3.19. The van der Waals surface area contributed by atoms with Crippen molar-refractivity contribution in [1.29, 1.82) is 0 Å². The Labute approximate surface area is 161 Å². The molecule has 0 fully saturated rings. The van der Waals surface area contributed by atoms with Crippen LogP contribution in [0.4, 0.5) is 5.69 Å². The Balaban J connectivity index is 1.60. The summed E-state index contributed by atoms with van der Waals surface area (Å²) in [5, 5.41) is 7.02. The van der Waals surface area contributed by atoms with Crippen molar-refractivity contribution in [3.63, 3.8) is 0 Å². The number of hydrogen-bond acceptors (Lipinski definition) is 3. The first-order valence-corrected chi connectivity index (χ1v) is 8.96. The molecule has 122 valence electrons. The highest BCUT2D eigenvalue weighted by atomic mass is 127. The molecule has 1 aromatic heterocycles. The van der Waals surface area contributed by atoms with Crippen molar-refractivity contribution in [3.8, 4) is 5.75 Å². The molecule has 0 aliphatic carbocycles. The van der Waals surface area contributed by atoms with Crippen LogP contribution in [-0.2, 0) is 6.73 Å². The summed E-state index contributed by atoms with van der Waals surface area (Å²) >= 11 is 5.52. The Hall–Kier alpha value is -1.87. The van der Waals surface area contributed by atoms with Gasteiger partial charge in [-0.25, -0.2) is 4.68 Å². The highest BCUT2D eigenvalue weighted by Gasteiger charge is 2.10. The first-order chi connectivity index (χ1) is 11.6. The second kappa shape index (κ2) is 7.80. The smallest absolute Gasteiger partial charge is 0.256 e. The van der Waals surface area contributed by atoms with Crippen LogP contribution in [0, 0.1) is 3.57 Å². The van der Waals surface area contributed by atoms with Gasteiger partial charge in [-0.1, -0.05) is 28.1 Å². The molecular weight excluding hydrogens is 485 g/mol. The molecular formula is C17H13BrIN3O2. The number of nitrogens with zero attached hydrogens (tertiary/aromatic N) is 2. The molecule has 0 saturated heterocycles. The summed E-state index contributed by atoms with van der Waals surface area (Å²) in [6.45, 7) is 0.264. The molecule has 0 aliphatic heterocycles. The van der Waals surface area contributed by atoms with Gasteiger partial charge in [-0.15, -0.1) is 0 Å². The van der Waals surface area contributed by atoms with Crippen molar-refractivity contribution in [2.45, 2.75) is 6.73 Å². The molecule has 2 aromatic carbocycles. The number of ether oxygens (including phenoxy) is 1. The van der Waals surface area contributed by atoms with Crippen LogP contribution in [0.1, 0.15) is 10.4 Å². The second-order valence-electron chi connectivity index (χ2n) is 4.93. The Bertz CT molecular complexity index is 849. The molecule has 0 aliphatic rings. The van der Waals surface area contributed by atoms with Gasteiger partial charge in [0.2, 0.25) is 0 Å². The number of carbonyl (C=O) groups excluding carboxylic acids is 1. The van der Waals surface area contributed by atoms with E-state index >= 15 is 0 Å². The number of amides is 1. The standard InChI is InChI=1S/C17H13BrIN3O2/c18-12-5-7-14(8-6-12)24-11-22-10-13(9-20-22)21-17(23)15-3-1-2-4-16(15)19/h1-10H,11H2,(H,21,23). The molecule has 5 nitrogen and oxygen atoms in total. The Morgan fingerprint density at radius 1 is 1.21 bits per heavy atom. The average Bonchev–Trinajstić information content (AvgIpc) is 3.02. The van der Waals surface area contributed by atoms with Gasteiger partial charge in [-0.05, 0) is 59.0 Å². The van der Waals surface area contributed by atoms with Crippen LogP contribution in [0.15, 0.2) is 65.4 Å². The van der Waals surface area contributed by atoms with E-state index < -0.39 is 0 Å². The van der Waals surface area contributed by atoms with Crippen molar-refractivity contribution in [1.82, 2.24) is 9.78 Å². The van der Waals surface area contributed by atoms with Gasteiger partial charge in [0.25, 0.3) is 5.91 Å². The molecule has 0 saturated carbocycles. The fraction of sp³-hybridized carbons (Fsp3) is 0.0588. The van der Waals surface area contributed by atoms with Crippen LogP contribution < -0.4 is 10.1 Å². The molecule has 7 heteroatoms. The molecule has 1 amide bonds. The molecule has 0 bridgehead atoms. The summed E-state index contributed by atoms with van der Waals surface area (Å²) < 4.78 is 9.15. The number of aromatic nitrogens is 2. The SMILES string of the molecule is O=C(Nc1cnn(COc2ccc(Br)cc2)c1)c1ccccc1I. The molecule has 3 aromatic rings. The van der Waals surface area contributed by atoms with Gasteiger partial charge in [0.05, 0.1) is 23.6 Å². The Morgan fingerprint density at radius 3 is 2.71 bits per heavy atom. The molecule has 0 radical (unpaired) electrons. The quantitative estimate of drug-likeness (QED) is 0.526. The van der Waals surface area contributed by atoms with E-state index in [1.165, 1.54) is 0 Å². The minimum Gasteiger partial charge on any atom is -0.471 e. The van der Waals surface area contributed by atoms with E-state index in [0.717, 1.165) is 13.8 Å². The monoisotopic (exact) mass is 497 g/mol. The minimum absolute atomic E-state index is 0.159. The number of nitrogens with one attached hydrogen (secondary N) is 1. The zero-order chi connectivity index (χ0) is 16.9. The van der Waals surface area contributed by atoms with Crippen LogP contribution in [0.3, 0.4) is 0 Å². The van der Waals surface area contributed by atoms with E-state index in [9.17, 15) is 4.79 Å². The van der Waals surface area contributed by atoms with Gasteiger partial charge in [-0.2, -0.15) is 5.10 Å². The summed E-state index contributed by atoms with van der Waals surface area (Å²) in [6.07, 6.45) is 3.32. The van der Waals surface area contributed by atoms with Gasteiger partial charge in [0.1, 0.15) is 5.75 Å². The maximum atomic E-state index is 12.3. The predicted octanol–water partition coefficient (Wildman–Crippen LogP) is 4.54. The normalized spacial score (nSPS) is 10.4. The Kier molecular flexibility index (Phi) is 5.52. The first kappa shape index (κ1) is 17.0. The van der Waals surface area contributed by atoms with Gasteiger partial charge >= 0.3 is 0 Å². The number of carbonyl (C=O) groups is 1. The van der Waals surface area contributed by atoms with Crippen molar-refractivity contribution in [2.24, 2.45) is 0 Å². The summed E-state index contributed by atoms with van der Waals surface area (Å²) in [5.41, 5.74) is 1.26. The highest BCUT2D eigenvalue weighted by Crippen LogP contribution is 2.17. The lowest BCUT2D eigenvalue weighted by molar-refractivity contribution is 0.102. The topological polar surface area (TPSA) is 56.2 Å². The lowest BCUT2D eigenvalue weighted by Crippen LogP contribution is -2.13. The zero-order valence-corrected chi connectivity index (χ0v) is 16.2. The average molecular weight is 498 g/mol. The van der Waals surface area contributed by atoms with E-state index in [4.69, 9.17) is 4.74 Å². The summed E-state index contributed by atoms with van der Waals surface area (Å²) in [7, 11) is 0. The van der Waals surface area contributed by atoms with E-state index in [-0.39, 0.29) is 12.6 Å². The number of halogens is 2. The van der Waals surface area contributed by atoms with Crippen LogP contribution in [0.25, 0.3) is 0 Å². The molecule has 24 heavy (non-hydrogen) atoms. The van der Waals surface area contributed by atoms with Crippen molar-refractivity contribution in [3.05, 3.63) is 74.5 Å². The summed E-state index contributed by atoms with van der Waals surface area (Å²) in [6, 6.07) is 15.0. The maximum absolute atomic E-state index is 12.3. The van der Waals surface area contributed by atoms with Crippen molar-refractivity contribution >= 4 is 50.1 Å². The van der Waals surface area contributed by atoms with Gasteiger partial charge < -0.3 is 10.1 Å². The van der Waals surface area contributed by atoms with Gasteiger partial charge in [0.15, 0.2) is 6.73 Å². The lowest BCUT2D eigenvalue weighted by Gasteiger charge is -2.06. The molecule has 0 atom stereocenters. The number of anilines is 1. The Morgan fingerprint density at radius 2 is 1.96 bits per heavy atom. The number of rotatable bonds is 5. The molecule has 1 heterocycles. The van der Waals surface area contributed by atoms with E-state index in [1.807, 2.05) is 42.5 Å². The number of hydrogen-bond donors (Lipinski definition) is 1. The van der Waals surface area contributed by atoms with E-state index in [1.54, 1.807) is 23.1 Å². The predicted molar refractivity (Wildman–Crippen MR) is 104 cm³/mol. The molecule has 1 N–H and O–H groups in total. The fourth-order valence-corrected chi connectivity index (χ4v) is 2.91. The third kappa shape index (κ3) is 4.35. The zero-order valence-electron chi connectivity index (χ0n) is 12.4. The first-order valence-electron chi connectivity index (χ1n) is 7.08. The third-order valence-corrected chi connectivity index (χ3v) is 4.66. The van der Waals surface area contributed by atoms with Crippen LogP contribution in [-0.4, -0.2) is 15.7 Å². The van der Waals surface area contributed by atoms with Gasteiger partial charge in [0, 0.05) is 8.04 Å². The van der Waals surface area contributed by atoms with Crippen molar-refractivity contribution in [2.75, 3.05) is 5.32 Å². The largest absolute Gasteiger partial charge is 0.471 e. The van der Waals surface area contributed by atoms with Crippen molar-refractivity contribution < 1.29 is 9.53 Å². The van der Waals surface area contributed by atoms with E-state index in [2.05, 4.69) is 48.9 Å². The fourth-order valence-electron chi connectivity index (χ4n) is 2.01. The minimum atomic E-state index is -0.159. The number of benzene rings is 2. The van der Waals surface area contributed by atoms with Gasteiger partial charge in [-0.3, -0.25) is 4.79 Å². The molecule has 3 rings (SSSR count). The van der Waals surface area contributed by atoms with E-state index in [0.29, 0.717) is 11.3 Å². The van der Waals surface area contributed by atoms with Crippen LogP contribution in [0.2, 0.25) is 0 Å². The van der Waals surface area contributed by atoms with Crippen LogP contribution >= 0.6 is 38.5 Å². The summed E-state index contributed by atoms with van der Waals surface area (Å²) in [4.78, 5) is 12.3. The van der Waals surface area contributed by atoms with Crippen LogP contribution in [0.5, 0.6) is 5.75 Å². The second-order valence-corrected chi connectivity index (χ2v) is 7.01. The summed E-state index contributed by atoms with van der Waals surface area (Å²) in [5.74, 6) is 0.589. The molecule has 0 unspecified atom stereocenters. The lowest BCUT2D eigenvalue weighted by atomic mass is 10.2. The highest BCUT2D eigenvalue weighted by molar-refractivity contribution is 14.1. The molecule has 0 spiro atoms. The maximum Gasteiger partial charge on any atom is 0.256 e.